The maximum absolute atomic E-state index is 12.3. The predicted molar refractivity (Wildman–Crippen MR) is 98.0 cm³/mol. The molecule has 4 nitrogen and oxygen atoms in total. The molecule has 0 fully saturated rings. The molecular weight excluding hydrogens is 347 g/mol. The molecule has 122 valence electrons. The van der Waals surface area contributed by atoms with Gasteiger partial charge in [0.2, 0.25) is 5.91 Å². The Bertz CT molecular complexity index is 996. The summed E-state index contributed by atoms with van der Waals surface area (Å²) in [5.41, 5.74) is 2.14. The zero-order chi connectivity index (χ0) is 17.3. The maximum atomic E-state index is 12.3. The predicted octanol–water partition coefficient (Wildman–Crippen LogP) is 4.26. The number of benzene rings is 2. The number of halogens is 2. The number of amides is 1. The Morgan fingerprint density at radius 2 is 1.92 bits per heavy atom. The van der Waals surface area contributed by atoms with Crippen molar-refractivity contribution in [2.24, 2.45) is 0 Å². The second kappa shape index (κ2) is 6.67. The molecule has 1 aromatic heterocycles. The molecule has 0 unspecified atom stereocenters. The molecule has 0 aliphatic rings. The molecule has 0 spiro atoms. The van der Waals surface area contributed by atoms with E-state index < -0.39 is 0 Å². The lowest BCUT2D eigenvalue weighted by atomic mass is 10.1. The van der Waals surface area contributed by atoms with Crippen LogP contribution in [-0.4, -0.2) is 10.5 Å². The minimum absolute atomic E-state index is 0.0638. The van der Waals surface area contributed by atoms with E-state index in [1.165, 1.54) is 6.07 Å². The summed E-state index contributed by atoms with van der Waals surface area (Å²) < 4.78 is 1.73. The number of pyridine rings is 1. The summed E-state index contributed by atoms with van der Waals surface area (Å²) in [5.74, 6) is -0.246. The van der Waals surface area contributed by atoms with Gasteiger partial charge in [-0.3, -0.25) is 9.59 Å². The molecule has 0 saturated heterocycles. The van der Waals surface area contributed by atoms with Crippen LogP contribution in [-0.2, 0) is 11.3 Å². The summed E-state index contributed by atoms with van der Waals surface area (Å²) in [6.07, 6.45) is 1.61. The number of rotatable bonds is 3. The van der Waals surface area contributed by atoms with Crippen LogP contribution in [0.4, 0.5) is 5.69 Å². The zero-order valence-electron chi connectivity index (χ0n) is 12.8. The summed E-state index contributed by atoms with van der Waals surface area (Å²) in [6, 6.07) is 11.9. The molecule has 0 saturated carbocycles. The number of carbonyl (C=O) groups excluding carboxylic acids is 1. The summed E-state index contributed by atoms with van der Waals surface area (Å²) in [7, 11) is 0. The SMILES string of the molecule is Cc1ccc2c(c1)c(=O)ccn2CC(=O)Nc1ccc(Cl)cc1Cl. The first kappa shape index (κ1) is 16.6. The number of nitrogens with one attached hydrogen (secondary N) is 1. The molecular formula is C18H14Cl2N2O2. The number of hydrogen-bond acceptors (Lipinski definition) is 2. The Morgan fingerprint density at radius 1 is 1.12 bits per heavy atom. The molecule has 1 amide bonds. The second-order valence-corrected chi connectivity index (χ2v) is 6.34. The maximum Gasteiger partial charge on any atom is 0.244 e. The molecule has 0 atom stereocenters. The van der Waals surface area contributed by atoms with Gasteiger partial charge in [0.05, 0.1) is 16.2 Å². The molecule has 0 radical (unpaired) electrons. The molecule has 2 aromatic carbocycles. The van der Waals surface area contributed by atoms with Gasteiger partial charge in [-0.05, 0) is 37.3 Å². The Labute approximate surface area is 148 Å². The molecule has 6 heteroatoms. The van der Waals surface area contributed by atoms with Crippen LogP contribution in [0.1, 0.15) is 5.56 Å². The summed E-state index contributed by atoms with van der Waals surface area (Å²) >= 11 is 11.9. The number of carbonyl (C=O) groups is 1. The highest BCUT2D eigenvalue weighted by molar-refractivity contribution is 6.36. The summed E-state index contributed by atoms with van der Waals surface area (Å²) in [5, 5.41) is 4.21. The average Bonchev–Trinajstić information content (AvgIpc) is 2.53. The third-order valence-electron chi connectivity index (χ3n) is 3.65. The largest absolute Gasteiger partial charge is 0.338 e. The number of hydrogen-bond donors (Lipinski definition) is 1. The first-order valence-electron chi connectivity index (χ1n) is 7.29. The minimum Gasteiger partial charge on any atom is -0.338 e. The van der Waals surface area contributed by atoms with Crippen molar-refractivity contribution >= 4 is 45.7 Å². The fraction of sp³-hybridized carbons (Fsp3) is 0.111. The van der Waals surface area contributed by atoms with E-state index in [4.69, 9.17) is 23.2 Å². The van der Waals surface area contributed by atoms with Crippen LogP contribution in [0.3, 0.4) is 0 Å². The van der Waals surface area contributed by atoms with Crippen molar-refractivity contribution in [3.63, 3.8) is 0 Å². The van der Waals surface area contributed by atoms with Gasteiger partial charge in [0.15, 0.2) is 5.43 Å². The van der Waals surface area contributed by atoms with Crippen molar-refractivity contribution in [3.05, 3.63) is 74.5 Å². The van der Waals surface area contributed by atoms with Crippen LogP contribution in [0.15, 0.2) is 53.5 Å². The zero-order valence-corrected chi connectivity index (χ0v) is 14.4. The molecule has 3 aromatic rings. The van der Waals surface area contributed by atoms with Crippen LogP contribution in [0.25, 0.3) is 10.9 Å². The summed E-state index contributed by atoms with van der Waals surface area (Å²) in [6.45, 7) is 1.99. The first-order chi connectivity index (χ1) is 11.4. The summed E-state index contributed by atoms with van der Waals surface area (Å²) in [4.78, 5) is 24.3. The smallest absolute Gasteiger partial charge is 0.244 e. The van der Waals surface area contributed by atoms with Gasteiger partial charge in [0, 0.05) is 22.7 Å². The number of aromatic nitrogens is 1. The number of aryl methyl sites for hydroxylation is 1. The molecule has 0 aliphatic carbocycles. The quantitative estimate of drug-likeness (QED) is 0.758. The van der Waals surface area contributed by atoms with Gasteiger partial charge in [0.25, 0.3) is 0 Å². The lowest BCUT2D eigenvalue weighted by molar-refractivity contribution is -0.116. The Hall–Kier alpha value is -2.30. The van der Waals surface area contributed by atoms with Crippen LogP contribution < -0.4 is 10.7 Å². The minimum atomic E-state index is -0.246. The third kappa shape index (κ3) is 3.45. The van der Waals surface area contributed by atoms with Crippen molar-refractivity contribution in [2.45, 2.75) is 13.5 Å². The Kier molecular flexibility index (Phi) is 4.60. The Morgan fingerprint density at radius 3 is 2.67 bits per heavy atom. The average molecular weight is 361 g/mol. The van der Waals surface area contributed by atoms with Crippen molar-refractivity contribution < 1.29 is 4.79 Å². The van der Waals surface area contributed by atoms with Gasteiger partial charge < -0.3 is 9.88 Å². The first-order valence-corrected chi connectivity index (χ1v) is 8.04. The second-order valence-electron chi connectivity index (χ2n) is 5.50. The lowest BCUT2D eigenvalue weighted by Crippen LogP contribution is -2.20. The van der Waals surface area contributed by atoms with E-state index in [2.05, 4.69) is 5.32 Å². The van der Waals surface area contributed by atoms with Crippen molar-refractivity contribution in [2.75, 3.05) is 5.32 Å². The van der Waals surface area contributed by atoms with Crippen molar-refractivity contribution in [1.29, 1.82) is 0 Å². The van der Waals surface area contributed by atoms with Crippen molar-refractivity contribution in [3.8, 4) is 0 Å². The Balaban J connectivity index is 1.88. The highest BCUT2D eigenvalue weighted by Gasteiger charge is 2.09. The number of nitrogens with zero attached hydrogens (tertiary/aromatic N) is 1. The highest BCUT2D eigenvalue weighted by atomic mass is 35.5. The van der Waals surface area contributed by atoms with E-state index in [9.17, 15) is 9.59 Å². The van der Waals surface area contributed by atoms with E-state index in [0.717, 1.165) is 5.56 Å². The van der Waals surface area contributed by atoms with Gasteiger partial charge in [-0.15, -0.1) is 0 Å². The molecule has 0 bridgehead atoms. The lowest BCUT2D eigenvalue weighted by Gasteiger charge is -2.12. The molecule has 24 heavy (non-hydrogen) atoms. The molecule has 0 aliphatic heterocycles. The van der Waals surface area contributed by atoms with E-state index >= 15 is 0 Å². The van der Waals surface area contributed by atoms with Crippen LogP contribution in [0.2, 0.25) is 10.0 Å². The topological polar surface area (TPSA) is 51.1 Å². The van der Waals surface area contributed by atoms with Gasteiger partial charge in [0.1, 0.15) is 6.54 Å². The number of fused-ring (bicyclic) bond motifs is 1. The third-order valence-corrected chi connectivity index (χ3v) is 4.20. The van der Waals surface area contributed by atoms with Crippen molar-refractivity contribution in [1.82, 2.24) is 4.57 Å². The monoisotopic (exact) mass is 360 g/mol. The fourth-order valence-electron chi connectivity index (χ4n) is 2.50. The van der Waals surface area contributed by atoms with Crippen LogP contribution in [0, 0.1) is 6.92 Å². The van der Waals surface area contributed by atoms with Crippen LogP contribution in [0.5, 0.6) is 0 Å². The molecule has 1 heterocycles. The van der Waals surface area contributed by atoms with Gasteiger partial charge in [-0.1, -0.05) is 34.8 Å². The van der Waals surface area contributed by atoms with Gasteiger partial charge >= 0.3 is 0 Å². The van der Waals surface area contributed by atoms with E-state index in [1.807, 2.05) is 25.1 Å². The normalized spacial score (nSPS) is 10.8. The van der Waals surface area contributed by atoms with E-state index in [0.29, 0.717) is 26.6 Å². The number of anilines is 1. The highest BCUT2D eigenvalue weighted by Crippen LogP contribution is 2.25. The van der Waals surface area contributed by atoms with E-state index in [-0.39, 0.29) is 17.9 Å². The fourth-order valence-corrected chi connectivity index (χ4v) is 2.95. The van der Waals surface area contributed by atoms with E-state index in [1.54, 1.807) is 29.0 Å². The van der Waals surface area contributed by atoms with Gasteiger partial charge in [-0.25, -0.2) is 0 Å². The molecule has 1 N–H and O–H groups in total. The molecule has 3 rings (SSSR count). The standard InChI is InChI=1S/C18H14Cl2N2O2/c1-11-2-5-16-13(8-11)17(23)6-7-22(16)10-18(24)21-15-4-3-12(19)9-14(15)20/h2-9H,10H2,1H3,(H,21,24). The van der Waals surface area contributed by atoms with Crippen LogP contribution >= 0.6 is 23.2 Å². The van der Waals surface area contributed by atoms with Gasteiger partial charge in [-0.2, -0.15) is 0 Å².